The first-order chi connectivity index (χ1) is 9.24. The van der Waals surface area contributed by atoms with Gasteiger partial charge in [-0.2, -0.15) is 0 Å². The number of carbonyl (C=O) groups excluding carboxylic acids is 1. The van der Waals surface area contributed by atoms with Crippen LogP contribution in [-0.4, -0.2) is 54.7 Å². The molecule has 0 bridgehead atoms. The summed E-state index contributed by atoms with van der Waals surface area (Å²) < 4.78 is 0. The number of amides is 2. The van der Waals surface area contributed by atoms with Gasteiger partial charge in [0.15, 0.2) is 0 Å². The molecule has 0 aliphatic rings. The second-order valence-corrected chi connectivity index (χ2v) is 5.91. The molecule has 0 saturated heterocycles. The van der Waals surface area contributed by atoms with E-state index in [9.17, 15) is 9.59 Å². The summed E-state index contributed by atoms with van der Waals surface area (Å²) in [6, 6.07) is -0.551. The molecule has 2 unspecified atom stereocenters. The van der Waals surface area contributed by atoms with Crippen molar-refractivity contribution < 1.29 is 14.7 Å². The molecular formula is C14H29N3O3. The molecule has 0 radical (unpaired) electrons. The van der Waals surface area contributed by atoms with Crippen LogP contribution in [0.5, 0.6) is 0 Å². The van der Waals surface area contributed by atoms with Gasteiger partial charge in [0.05, 0.1) is 6.42 Å². The van der Waals surface area contributed by atoms with Crippen LogP contribution in [0, 0.1) is 5.92 Å². The Morgan fingerprint density at radius 3 is 2.10 bits per heavy atom. The molecule has 0 aromatic rings. The minimum Gasteiger partial charge on any atom is -0.481 e. The number of carbonyl (C=O) groups is 2. The van der Waals surface area contributed by atoms with Crippen molar-refractivity contribution >= 4 is 12.0 Å². The number of aliphatic carboxylic acids is 1. The Hall–Kier alpha value is -1.30. The summed E-state index contributed by atoms with van der Waals surface area (Å²) in [6.07, 6.45) is 1.44. The van der Waals surface area contributed by atoms with Crippen LogP contribution in [0.1, 0.15) is 40.0 Å². The molecule has 2 atom stereocenters. The number of likely N-dealkylation sites (N-methyl/N-ethyl adjacent to an activating group) is 1. The lowest BCUT2D eigenvalue weighted by Gasteiger charge is -2.25. The Kier molecular flexibility index (Phi) is 8.96. The monoisotopic (exact) mass is 287 g/mol. The molecular weight excluding hydrogens is 258 g/mol. The van der Waals surface area contributed by atoms with Crippen LogP contribution >= 0.6 is 0 Å². The Bertz CT molecular complexity index is 296. The van der Waals surface area contributed by atoms with Crippen molar-refractivity contribution in [2.24, 2.45) is 5.92 Å². The van der Waals surface area contributed by atoms with Crippen LogP contribution in [0.3, 0.4) is 0 Å². The second kappa shape index (κ2) is 9.58. The minimum absolute atomic E-state index is 0.0492. The third-order valence-electron chi connectivity index (χ3n) is 2.93. The fourth-order valence-electron chi connectivity index (χ4n) is 2.11. The van der Waals surface area contributed by atoms with Crippen molar-refractivity contribution in [1.29, 1.82) is 0 Å². The minimum atomic E-state index is -0.899. The molecule has 0 fully saturated rings. The highest BCUT2D eigenvalue weighted by molar-refractivity contribution is 5.76. The highest BCUT2D eigenvalue weighted by atomic mass is 16.4. The maximum atomic E-state index is 11.9. The van der Waals surface area contributed by atoms with Gasteiger partial charge in [-0.05, 0) is 32.9 Å². The number of hydrogen-bond acceptors (Lipinski definition) is 3. The average Bonchev–Trinajstić information content (AvgIpc) is 2.25. The van der Waals surface area contributed by atoms with Gasteiger partial charge in [0.1, 0.15) is 0 Å². The highest BCUT2D eigenvalue weighted by Gasteiger charge is 2.18. The first-order valence-electron chi connectivity index (χ1n) is 7.18. The lowest BCUT2D eigenvalue weighted by Crippen LogP contribution is -2.49. The summed E-state index contributed by atoms with van der Waals surface area (Å²) in [4.78, 5) is 24.6. The largest absolute Gasteiger partial charge is 0.481 e. The Morgan fingerprint density at radius 1 is 1.15 bits per heavy atom. The molecule has 6 nitrogen and oxygen atoms in total. The predicted molar refractivity (Wildman–Crippen MR) is 79.8 cm³/mol. The maximum absolute atomic E-state index is 11.9. The molecule has 0 rings (SSSR count). The van der Waals surface area contributed by atoms with Gasteiger partial charge in [-0.1, -0.05) is 20.8 Å². The lowest BCUT2D eigenvalue weighted by molar-refractivity contribution is -0.137. The van der Waals surface area contributed by atoms with Gasteiger partial charge >= 0.3 is 12.0 Å². The van der Waals surface area contributed by atoms with Crippen LogP contribution in [0.2, 0.25) is 0 Å². The maximum Gasteiger partial charge on any atom is 0.315 e. The van der Waals surface area contributed by atoms with E-state index in [2.05, 4.69) is 24.5 Å². The van der Waals surface area contributed by atoms with Crippen LogP contribution in [0.15, 0.2) is 0 Å². The third-order valence-corrected chi connectivity index (χ3v) is 2.93. The second-order valence-electron chi connectivity index (χ2n) is 5.91. The zero-order chi connectivity index (χ0) is 15.7. The first-order valence-corrected chi connectivity index (χ1v) is 7.18. The molecule has 2 amide bonds. The summed E-state index contributed by atoms with van der Waals surface area (Å²) in [5.74, 6) is -0.412. The van der Waals surface area contributed by atoms with Gasteiger partial charge in [0, 0.05) is 18.6 Å². The standard InChI is InChI=1S/C14H29N3O3/c1-6-11(8-13(18)19)15-14(20)16-12(7-10(2)3)9-17(4)5/h10-12H,6-9H2,1-5H3,(H,18,19)(H2,15,16,20). The fourth-order valence-corrected chi connectivity index (χ4v) is 2.11. The Balaban J connectivity index is 4.38. The van der Waals surface area contributed by atoms with Gasteiger partial charge < -0.3 is 20.6 Å². The van der Waals surface area contributed by atoms with E-state index >= 15 is 0 Å². The van der Waals surface area contributed by atoms with E-state index in [4.69, 9.17) is 5.11 Å². The van der Waals surface area contributed by atoms with Crippen LogP contribution in [0.4, 0.5) is 4.79 Å². The van der Waals surface area contributed by atoms with Crippen LogP contribution in [0.25, 0.3) is 0 Å². The van der Waals surface area contributed by atoms with Gasteiger partial charge in [-0.25, -0.2) is 4.79 Å². The molecule has 0 saturated carbocycles. The van der Waals surface area contributed by atoms with E-state index < -0.39 is 5.97 Å². The quantitative estimate of drug-likeness (QED) is 0.600. The van der Waals surface area contributed by atoms with Gasteiger partial charge in [-0.3, -0.25) is 4.79 Å². The van der Waals surface area contributed by atoms with E-state index in [1.165, 1.54) is 0 Å². The molecule has 20 heavy (non-hydrogen) atoms. The Morgan fingerprint density at radius 2 is 1.70 bits per heavy atom. The third kappa shape index (κ3) is 9.61. The summed E-state index contributed by atoms with van der Waals surface area (Å²) in [5, 5.41) is 14.4. The topological polar surface area (TPSA) is 81.7 Å². The number of rotatable bonds is 9. The number of nitrogens with zero attached hydrogens (tertiary/aromatic N) is 1. The normalized spacial score (nSPS) is 14.2. The van der Waals surface area contributed by atoms with Crippen LogP contribution in [-0.2, 0) is 4.79 Å². The van der Waals surface area contributed by atoms with Crippen molar-refractivity contribution in [3.63, 3.8) is 0 Å². The van der Waals surface area contributed by atoms with Crippen molar-refractivity contribution in [2.45, 2.75) is 52.1 Å². The van der Waals surface area contributed by atoms with Crippen molar-refractivity contribution in [2.75, 3.05) is 20.6 Å². The molecule has 3 N–H and O–H groups in total. The smallest absolute Gasteiger partial charge is 0.315 e. The molecule has 0 aromatic carbocycles. The zero-order valence-electron chi connectivity index (χ0n) is 13.3. The molecule has 0 aliphatic heterocycles. The van der Waals surface area contributed by atoms with E-state index in [1.54, 1.807) is 0 Å². The summed E-state index contributed by atoms with van der Waals surface area (Å²) in [5.41, 5.74) is 0. The molecule has 6 heteroatoms. The molecule has 118 valence electrons. The van der Waals surface area contributed by atoms with Gasteiger partial charge in [-0.15, -0.1) is 0 Å². The number of urea groups is 1. The number of carboxylic acids is 1. The van der Waals surface area contributed by atoms with E-state index in [0.29, 0.717) is 12.3 Å². The molecule has 0 aliphatic carbocycles. The van der Waals surface area contributed by atoms with Crippen molar-refractivity contribution in [1.82, 2.24) is 15.5 Å². The number of carboxylic acid groups (broad SMARTS) is 1. The molecule has 0 spiro atoms. The zero-order valence-corrected chi connectivity index (χ0v) is 13.3. The number of nitrogens with one attached hydrogen (secondary N) is 2. The van der Waals surface area contributed by atoms with Crippen molar-refractivity contribution in [3.8, 4) is 0 Å². The summed E-state index contributed by atoms with van der Waals surface area (Å²) in [7, 11) is 3.93. The SMILES string of the molecule is CCC(CC(=O)O)NC(=O)NC(CC(C)C)CN(C)C. The van der Waals surface area contributed by atoms with E-state index in [1.807, 2.05) is 25.9 Å². The predicted octanol–water partition coefficient (Wildman–Crippen LogP) is 1.52. The van der Waals surface area contributed by atoms with Crippen LogP contribution < -0.4 is 10.6 Å². The van der Waals surface area contributed by atoms with Crippen molar-refractivity contribution in [3.05, 3.63) is 0 Å². The van der Waals surface area contributed by atoms with E-state index in [-0.39, 0.29) is 24.5 Å². The van der Waals surface area contributed by atoms with Gasteiger partial charge in [0.2, 0.25) is 0 Å². The molecule has 0 aromatic heterocycles. The first kappa shape index (κ1) is 18.7. The average molecular weight is 287 g/mol. The highest BCUT2D eigenvalue weighted by Crippen LogP contribution is 2.06. The number of hydrogen-bond donors (Lipinski definition) is 3. The summed E-state index contributed by atoms with van der Waals surface area (Å²) in [6.45, 7) is 6.85. The summed E-state index contributed by atoms with van der Waals surface area (Å²) >= 11 is 0. The van der Waals surface area contributed by atoms with E-state index in [0.717, 1.165) is 13.0 Å². The fraction of sp³-hybridized carbons (Fsp3) is 0.857. The van der Waals surface area contributed by atoms with Gasteiger partial charge in [0.25, 0.3) is 0 Å². The molecule has 0 heterocycles. The lowest BCUT2D eigenvalue weighted by atomic mass is 10.0. The Labute approximate surface area is 121 Å².